The first-order chi connectivity index (χ1) is 9.35. The van der Waals surface area contributed by atoms with Crippen molar-refractivity contribution in [2.45, 2.75) is 25.8 Å². The van der Waals surface area contributed by atoms with Crippen LogP contribution in [0.1, 0.15) is 29.8 Å². The minimum Gasteiger partial charge on any atom is -0.496 e. The summed E-state index contributed by atoms with van der Waals surface area (Å²) < 4.78 is 5.44. The molecule has 0 fully saturated rings. The lowest BCUT2D eigenvalue weighted by Crippen LogP contribution is -2.23. The first kappa shape index (κ1) is 14.1. The summed E-state index contributed by atoms with van der Waals surface area (Å²) in [6, 6.07) is 12.9. The Kier molecular flexibility index (Phi) is 5.43. The van der Waals surface area contributed by atoms with E-state index in [1.165, 1.54) is 10.4 Å². The van der Waals surface area contributed by atoms with Gasteiger partial charge in [-0.3, -0.25) is 0 Å². The van der Waals surface area contributed by atoms with Gasteiger partial charge in [0.1, 0.15) is 5.75 Å². The van der Waals surface area contributed by atoms with Crippen molar-refractivity contribution in [3.05, 3.63) is 52.2 Å². The minimum atomic E-state index is 0.358. The molecule has 102 valence electrons. The van der Waals surface area contributed by atoms with Crippen molar-refractivity contribution in [2.75, 3.05) is 13.7 Å². The second-order valence-electron chi connectivity index (χ2n) is 4.49. The molecule has 2 rings (SSSR count). The maximum atomic E-state index is 5.44. The van der Waals surface area contributed by atoms with Crippen LogP contribution < -0.4 is 10.1 Å². The Bertz CT molecular complexity index is 481. The summed E-state index contributed by atoms with van der Waals surface area (Å²) in [4.78, 5) is 1.43. The van der Waals surface area contributed by atoms with Crippen LogP contribution in [0.15, 0.2) is 41.8 Å². The molecule has 1 N–H and O–H groups in total. The fourth-order valence-electron chi connectivity index (χ4n) is 2.25. The van der Waals surface area contributed by atoms with E-state index in [0.29, 0.717) is 6.04 Å². The second-order valence-corrected chi connectivity index (χ2v) is 5.52. The van der Waals surface area contributed by atoms with Gasteiger partial charge in [0.25, 0.3) is 0 Å². The number of hydrogen-bond acceptors (Lipinski definition) is 3. The van der Waals surface area contributed by atoms with Crippen LogP contribution in [0.3, 0.4) is 0 Å². The molecule has 0 radical (unpaired) electrons. The van der Waals surface area contributed by atoms with Crippen molar-refractivity contribution in [3.8, 4) is 5.75 Å². The molecule has 0 aliphatic heterocycles. The fourth-order valence-corrected chi connectivity index (χ4v) is 2.96. The molecular weight excluding hydrogens is 254 g/mol. The summed E-state index contributed by atoms with van der Waals surface area (Å²) in [5.41, 5.74) is 1.25. The molecular formula is C16H21NOS. The quantitative estimate of drug-likeness (QED) is 0.823. The van der Waals surface area contributed by atoms with E-state index in [1.54, 1.807) is 7.11 Å². The molecule has 2 aromatic rings. The predicted molar refractivity (Wildman–Crippen MR) is 82.1 cm³/mol. The standard InChI is InChI=1S/C16H21NOS/c1-3-15(14-8-4-5-9-16(14)18-2)17-11-10-13-7-6-12-19-13/h4-9,12,15,17H,3,10-11H2,1-2H3. The van der Waals surface area contributed by atoms with E-state index in [-0.39, 0.29) is 0 Å². The van der Waals surface area contributed by atoms with Crippen molar-refractivity contribution >= 4 is 11.3 Å². The Hall–Kier alpha value is -1.32. The molecule has 3 heteroatoms. The van der Waals surface area contributed by atoms with Crippen LogP contribution in [0.5, 0.6) is 5.75 Å². The fraction of sp³-hybridized carbons (Fsp3) is 0.375. The molecule has 1 aromatic carbocycles. The van der Waals surface area contributed by atoms with E-state index in [0.717, 1.165) is 25.1 Å². The van der Waals surface area contributed by atoms with Crippen molar-refractivity contribution < 1.29 is 4.74 Å². The number of ether oxygens (including phenoxy) is 1. The number of hydrogen-bond donors (Lipinski definition) is 1. The normalized spacial score (nSPS) is 12.3. The molecule has 1 heterocycles. The Morgan fingerprint density at radius 3 is 2.74 bits per heavy atom. The van der Waals surface area contributed by atoms with E-state index >= 15 is 0 Å². The topological polar surface area (TPSA) is 21.3 Å². The van der Waals surface area contributed by atoms with Crippen molar-refractivity contribution in [1.29, 1.82) is 0 Å². The van der Waals surface area contributed by atoms with Crippen LogP contribution in [0.2, 0.25) is 0 Å². The van der Waals surface area contributed by atoms with Gasteiger partial charge in [-0.05, 0) is 30.4 Å². The molecule has 0 spiro atoms. The predicted octanol–water partition coefficient (Wildman–Crippen LogP) is 4.04. The third-order valence-corrected chi connectivity index (χ3v) is 4.20. The maximum absolute atomic E-state index is 5.44. The van der Waals surface area contributed by atoms with E-state index in [2.05, 4.69) is 41.9 Å². The molecule has 0 aliphatic rings. The van der Waals surface area contributed by atoms with E-state index in [1.807, 2.05) is 23.5 Å². The van der Waals surface area contributed by atoms with Gasteiger partial charge in [0.05, 0.1) is 7.11 Å². The highest BCUT2D eigenvalue weighted by molar-refractivity contribution is 7.09. The van der Waals surface area contributed by atoms with Crippen LogP contribution in [0.25, 0.3) is 0 Å². The van der Waals surface area contributed by atoms with Gasteiger partial charge in [-0.15, -0.1) is 11.3 Å². The number of methoxy groups -OCH3 is 1. The number of rotatable bonds is 7. The molecule has 0 saturated heterocycles. The summed E-state index contributed by atoms with van der Waals surface area (Å²) in [6.07, 6.45) is 2.15. The molecule has 19 heavy (non-hydrogen) atoms. The number of nitrogens with one attached hydrogen (secondary N) is 1. The zero-order valence-corrected chi connectivity index (χ0v) is 12.4. The van der Waals surface area contributed by atoms with Crippen LogP contribution in [0.4, 0.5) is 0 Å². The second kappa shape index (κ2) is 7.31. The van der Waals surface area contributed by atoms with Gasteiger partial charge in [-0.25, -0.2) is 0 Å². The average Bonchev–Trinajstić information content (AvgIpc) is 2.97. The van der Waals surface area contributed by atoms with Gasteiger partial charge in [0, 0.05) is 23.0 Å². The van der Waals surface area contributed by atoms with Crippen LogP contribution in [-0.4, -0.2) is 13.7 Å². The first-order valence-electron chi connectivity index (χ1n) is 6.73. The highest BCUT2D eigenvalue weighted by Gasteiger charge is 2.12. The van der Waals surface area contributed by atoms with Gasteiger partial charge in [0.15, 0.2) is 0 Å². The third-order valence-electron chi connectivity index (χ3n) is 3.26. The Balaban J connectivity index is 1.95. The molecule has 0 bridgehead atoms. The first-order valence-corrected chi connectivity index (χ1v) is 7.61. The largest absolute Gasteiger partial charge is 0.496 e. The van der Waals surface area contributed by atoms with Crippen molar-refractivity contribution in [2.24, 2.45) is 0 Å². The molecule has 1 aromatic heterocycles. The molecule has 1 atom stereocenters. The zero-order chi connectivity index (χ0) is 13.5. The van der Waals surface area contributed by atoms with E-state index < -0.39 is 0 Å². The van der Waals surface area contributed by atoms with Gasteiger partial charge in [0.2, 0.25) is 0 Å². The number of para-hydroxylation sites is 1. The zero-order valence-electron chi connectivity index (χ0n) is 11.6. The van der Waals surface area contributed by atoms with Gasteiger partial charge in [-0.2, -0.15) is 0 Å². The van der Waals surface area contributed by atoms with Gasteiger partial charge >= 0.3 is 0 Å². The number of benzene rings is 1. The monoisotopic (exact) mass is 275 g/mol. The SMILES string of the molecule is CCC(NCCc1cccs1)c1ccccc1OC. The van der Waals surface area contributed by atoms with Crippen molar-refractivity contribution in [1.82, 2.24) is 5.32 Å². The summed E-state index contributed by atoms with van der Waals surface area (Å²) >= 11 is 1.82. The van der Waals surface area contributed by atoms with Crippen LogP contribution in [0, 0.1) is 0 Å². The Morgan fingerprint density at radius 1 is 1.21 bits per heavy atom. The average molecular weight is 275 g/mol. The smallest absolute Gasteiger partial charge is 0.123 e. The number of thiophene rings is 1. The van der Waals surface area contributed by atoms with E-state index in [4.69, 9.17) is 4.74 Å². The van der Waals surface area contributed by atoms with Crippen LogP contribution in [-0.2, 0) is 6.42 Å². The highest BCUT2D eigenvalue weighted by Crippen LogP contribution is 2.26. The molecule has 0 aliphatic carbocycles. The lowest BCUT2D eigenvalue weighted by atomic mass is 10.0. The Morgan fingerprint density at radius 2 is 2.05 bits per heavy atom. The summed E-state index contributed by atoms with van der Waals surface area (Å²) in [5.74, 6) is 0.970. The van der Waals surface area contributed by atoms with Crippen molar-refractivity contribution in [3.63, 3.8) is 0 Å². The van der Waals surface area contributed by atoms with Gasteiger partial charge in [-0.1, -0.05) is 31.2 Å². The lowest BCUT2D eigenvalue weighted by molar-refractivity contribution is 0.397. The third kappa shape index (κ3) is 3.82. The highest BCUT2D eigenvalue weighted by atomic mass is 32.1. The summed E-state index contributed by atoms with van der Waals surface area (Å²) in [7, 11) is 1.73. The van der Waals surface area contributed by atoms with Gasteiger partial charge < -0.3 is 10.1 Å². The summed E-state index contributed by atoms with van der Waals surface area (Å²) in [6.45, 7) is 3.20. The molecule has 1 unspecified atom stereocenters. The lowest BCUT2D eigenvalue weighted by Gasteiger charge is -2.19. The molecule has 2 nitrogen and oxygen atoms in total. The maximum Gasteiger partial charge on any atom is 0.123 e. The molecule has 0 amide bonds. The minimum absolute atomic E-state index is 0.358. The molecule has 0 saturated carbocycles. The van der Waals surface area contributed by atoms with E-state index in [9.17, 15) is 0 Å². The Labute approximate surface area is 119 Å². The summed E-state index contributed by atoms with van der Waals surface area (Å²) in [5, 5.41) is 5.76. The van der Waals surface area contributed by atoms with Crippen LogP contribution >= 0.6 is 11.3 Å².